The fraction of sp³-hybridized carbons (Fsp3) is 0.438. The van der Waals surface area contributed by atoms with Gasteiger partial charge in [-0.3, -0.25) is 4.68 Å². The van der Waals surface area contributed by atoms with Crippen LogP contribution in [-0.4, -0.2) is 21.0 Å². The summed E-state index contributed by atoms with van der Waals surface area (Å²) in [5.74, 6) is 0. The summed E-state index contributed by atoms with van der Waals surface area (Å²) in [7, 11) is 0. The van der Waals surface area contributed by atoms with Crippen LogP contribution in [0.25, 0.3) is 11.3 Å². The van der Waals surface area contributed by atoms with Gasteiger partial charge in [0.05, 0.1) is 23.9 Å². The van der Waals surface area contributed by atoms with Crippen molar-refractivity contribution in [3.63, 3.8) is 0 Å². The predicted molar refractivity (Wildman–Crippen MR) is 78.1 cm³/mol. The molecule has 3 nitrogen and oxygen atoms in total. The monoisotopic (exact) mass is 312 g/mol. The van der Waals surface area contributed by atoms with Gasteiger partial charge in [-0.25, -0.2) is 0 Å². The summed E-state index contributed by atoms with van der Waals surface area (Å²) in [5, 5.41) is 14.4. The standard InChI is InChI=1S/C16H19F3N2O/c1-15(2,3)14(22)10-21-9-8-13(20-21)11-4-6-12(7-5-11)16(17,18)19/h4-9,14,22H,10H2,1-3H3/t14-/m1/s1. The van der Waals surface area contributed by atoms with Gasteiger partial charge in [0.2, 0.25) is 0 Å². The average Bonchev–Trinajstić information content (AvgIpc) is 2.85. The quantitative estimate of drug-likeness (QED) is 0.931. The molecule has 0 saturated heterocycles. The van der Waals surface area contributed by atoms with Gasteiger partial charge in [-0.1, -0.05) is 32.9 Å². The number of hydrogen-bond acceptors (Lipinski definition) is 2. The Kier molecular flexibility index (Phi) is 4.33. The molecule has 6 heteroatoms. The number of aliphatic hydroxyl groups excluding tert-OH is 1. The Labute approximate surface area is 127 Å². The molecule has 1 aromatic heterocycles. The van der Waals surface area contributed by atoms with E-state index in [1.165, 1.54) is 12.1 Å². The molecule has 0 aliphatic heterocycles. The zero-order valence-electron chi connectivity index (χ0n) is 12.7. The molecule has 0 bridgehead atoms. The van der Waals surface area contributed by atoms with Crippen molar-refractivity contribution in [3.8, 4) is 11.3 Å². The number of rotatable bonds is 3. The van der Waals surface area contributed by atoms with Crippen LogP contribution in [0.1, 0.15) is 26.3 Å². The number of alkyl halides is 3. The van der Waals surface area contributed by atoms with Crippen molar-refractivity contribution in [2.45, 2.75) is 39.6 Å². The van der Waals surface area contributed by atoms with Gasteiger partial charge >= 0.3 is 6.18 Å². The third-order valence-electron chi connectivity index (χ3n) is 3.51. The maximum atomic E-state index is 12.5. The van der Waals surface area contributed by atoms with Gasteiger partial charge in [0, 0.05) is 11.8 Å². The Hall–Kier alpha value is -1.82. The Morgan fingerprint density at radius 1 is 1.09 bits per heavy atom. The highest BCUT2D eigenvalue weighted by Gasteiger charge is 2.30. The van der Waals surface area contributed by atoms with E-state index >= 15 is 0 Å². The average molecular weight is 312 g/mol. The van der Waals surface area contributed by atoms with Crippen LogP contribution >= 0.6 is 0 Å². The van der Waals surface area contributed by atoms with Crippen LogP contribution in [0.3, 0.4) is 0 Å². The maximum Gasteiger partial charge on any atom is 0.416 e. The molecule has 0 radical (unpaired) electrons. The highest BCUT2D eigenvalue weighted by molar-refractivity contribution is 5.59. The van der Waals surface area contributed by atoms with Crippen molar-refractivity contribution in [3.05, 3.63) is 42.1 Å². The second-order valence-corrected chi connectivity index (χ2v) is 6.38. The molecule has 0 spiro atoms. The molecule has 120 valence electrons. The number of halogens is 3. The Bertz CT molecular complexity index is 624. The van der Waals surface area contributed by atoms with Crippen LogP contribution in [0.4, 0.5) is 13.2 Å². The largest absolute Gasteiger partial charge is 0.416 e. The molecule has 22 heavy (non-hydrogen) atoms. The van der Waals surface area contributed by atoms with Crippen molar-refractivity contribution in [1.82, 2.24) is 9.78 Å². The van der Waals surface area contributed by atoms with Crippen molar-refractivity contribution >= 4 is 0 Å². The van der Waals surface area contributed by atoms with Crippen molar-refractivity contribution in [1.29, 1.82) is 0 Å². The van der Waals surface area contributed by atoms with E-state index in [1.54, 1.807) is 16.9 Å². The molecule has 1 atom stereocenters. The molecule has 1 aromatic carbocycles. The molecule has 0 fully saturated rings. The van der Waals surface area contributed by atoms with E-state index in [9.17, 15) is 18.3 Å². The molecule has 0 aliphatic rings. The van der Waals surface area contributed by atoms with E-state index in [4.69, 9.17) is 0 Å². The van der Waals surface area contributed by atoms with Crippen LogP contribution in [0.5, 0.6) is 0 Å². The van der Waals surface area contributed by atoms with Gasteiger partial charge in [0.25, 0.3) is 0 Å². The van der Waals surface area contributed by atoms with Crippen molar-refractivity contribution in [2.24, 2.45) is 5.41 Å². The molecule has 0 saturated carbocycles. The lowest BCUT2D eigenvalue weighted by Gasteiger charge is -2.25. The molecule has 1 heterocycles. The van der Waals surface area contributed by atoms with Crippen LogP contribution in [0.2, 0.25) is 0 Å². The summed E-state index contributed by atoms with van der Waals surface area (Å²) >= 11 is 0. The minimum Gasteiger partial charge on any atom is -0.391 e. The number of benzene rings is 1. The van der Waals surface area contributed by atoms with Gasteiger partial charge in [0.1, 0.15) is 0 Å². The highest BCUT2D eigenvalue weighted by Crippen LogP contribution is 2.30. The van der Waals surface area contributed by atoms with E-state index in [-0.39, 0.29) is 5.41 Å². The lowest BCUT2D eigenvalue weighted by Crippen LogP contribution is -2.30. The number of aliphatic hydroxyl groups is 1. The lowest BCUT2D eigenvalue weighted by molar-refractivity contribution is -0.137. The highest BCUT2D eigenvalue weighted by atomic mass is 19.4. The number of aromatic nitrogens is 2. The van der Waals surface area contributed by atoms with Gasteiger partial charge in [-0.05, 0) is 23.6 Å². The normalized spacial score (nSPS) is 14.1. The topological polar surface area (TPSA) is 38.0 Å². The van der Waals surface area contributed by atoms with Gasteiger partial charge < -0.3 is 5.11 Å². The van der Waals surface area contributed by atoms with E-state index < -0.39 is 17.8 Å². The molecular formula is C16H19F3N2O. The molecule has 1 N–H and O–H groups in total. The first-order chi connectivity index (χ1) is 10.1. The third-order valence-corrected chi connectivity index (χ3v) is 3.51. The van der Waals surface area contributed by atoms with Crippen LogP contribution in [0, 0.1) is 5.41 Å². The smallest absolute Gasteiger partial charge is 0.391 e. The molecule has 2 rings (SSSR count). The second kappa shape index (κ2) is 5.76. The fourth-order valence-corrected chi connectivity index (χ4v) is 1.90. The Morgan fingerprint density at radius 3 is 2.18 bits per heavy atom. The predicted octanol–water partition coefficient (Wildman–Crippen LogP) is 3.98. The zero-order chi connectivity index (χ0) is 16.5. The first-order valence-electron chi connectivity index (χ1n) is 6.96. The van der Waals surface area contributed by atoms with Crippen molar-refractivity contribution < 1.29 is 18.3 Å². The minimum atomic E-state index is -4.34. The van der Waals surface area contributed by atoms with Crippen LogP contribution in [0.15, 0.2) is 36.5 Å². The van der Waals surface area contributed by atoms with Gasteiger partial charge in [-0.2, -0.15) is 18.3 Å². The first-order valence-corrected chi connectivity index (χ1v) is 6.96. The van der Waals surface area contributed by atoms with Crippen LogP contribution in [-0.2, 0) is 12.7 Å². The molecular weight excluding hydrogens is 293 g/mol. The molecule has 0 aliphatic carbocycles. The second-order valence-electron chi connectivity index (χ2n) is 6.38. The zero-order valence-corrected chi connectivity index (χ0v) is 12.7. The summed E-state index contributed by atoms with van der Waals surface area (Å²) in [6.45, 7) is 6.12. The van der Waals surface area contributed by atoms with E-state index in [0.29, 0.717) is 17.8 Å². The first kappa shape index (κ1) is 16.5. The fourth-order valence-electron chi connectivity index (χ4n) is 1.90. The van der Waals surface area contributed by atoms with Crippen LogP contribution < -0.4 is 0 Å². The summed E-state index contributed by atoms with van der Waals surface area (Å²) in [4.78, 5) is 0. The third kappa shape index (κ3) is 3.88. The summed E-state index contributed by atoms with van der Waals surface area (Å²) < 4.78 is 39.2. The summed E-state index contributed by atoms with van der Waals surface area (Å²) in [6.07, 6.45) is -3.19. The molecule has 0 unspecified atom stereocenters. The molecule has 2 aromatic rings. The minimum absolute atomic E-state index is 0.263. The number of hydrogen-bond donors (Lipinski definition) is 1. The van der Waals surface area contributed by atoms with Gasteiger partial charge in [-0.15, -0.1) is 0 Å². The van der Waals surface area contributed by atoms with E-state index in [1.807, 2.05) is 20.8 Å². The van der Waals surface area contributed by atoms with Gasteiger partial charge in [0.15, 0.2) is 0 Å². The maximum absolute atomic E-state index is 12.5. The lowest BCUT2D eigenvalue weighted by atomic mass is 9.89. The molecule has 0 amide bonds. The summed E-state index contributed by atoms with van der Waals surface area (Å²) in [5.41, 5.74) is 0.242. The Balaban J connectivity index is 2.15. The van der Waals surface area contributed by atoms with E-state index in [0.717, 1.165) is 12.1 Å². The number of nitrogens with zero attached hydrogens (tertiary/aromatic N) is 2. The summed E-state index contributed by atoms with van der Waals surface area (Å²) in [6, 6.07) is 6.60. The SMILES string of the molecule is CC(C)(C)[C@H](O)Cn1ccc(-c2ccc(C(F)(F)F)cc2)n1. The van der Waals surface area contributed by atoms with Crippen molar-refractivity contribution in [2.75, 3.05) is 0 Å². The Morgan fingerprint density at radius 2 is 1.68 bits per heavy atom. The van der Waals surface area contributed by atoms with E-state index in [2.05, 4.69) is 5.10 Å².